The fraction of sp³-hybridized carbons (Fsp3) is 0.0909. The molecule has 0 atom stereocenters. The molecule has 0 heterocycles. The van der Waals surface area contributed by atoms with Crippen LogP contribution in [0.3, 0.4) is 0 Å². The highest BCUT2D eigenvalue weighted by Gasteiger charge is 2.35. The maximum atomic E-state index is 13.5. The molecule has 0 aliphatic carbocycles. The van der Waals surface area contributed by atoms with Crippen LogP contribution >= 0.6 is 11.6 Å². The second-order valence-electron chi connectivity index (χ2n) is 9.82. The molecule has 5 aromatic rings. The predicted octanol–water partition coefficient (Wildman–Crippen LogP) is 7.44. The fourth-order valence-corrected chi connectivity index (χ4v) is 6.07. The monoisotopic (exact) mass is 651 g/mol. The molecule has 0 saturated carbocycles. The van der Waals surface area contributed by atoms with Gasteiger partial charge in [0, 0.05) is 0 Å². The number of carbonyl (C=O) groups is 1. The molecule has 0 fully saturated rings. The van der Waals surface area contributed by atoms with Crippen molar-refractivity contribution >= 4 is 50.2 Å². The summed E-state index contributed by atoms with van der Waals surface area (Å²) in [6.07, 6.45) is -3.51. The number of carbonyl (C=O) groups excluding carboxylic acids is 1. The van der Waals surface area contributed by atoms with Crippen molar-refractivity contribution in [3.63, 3.8) is 0 Å². The minimum Gasteiger partial charge on any atom is -0.489 e. The minimum atomic E-state index is -4.85. The lowest BCUT2D eigenvalue weighted by molar-refractivity contribution is -0.137. The molecule has 0 aliphatic heterocycles. The molecule has 0 aliphatic rings. The van der Waals surface area contributed by atoms with Crippen LogP contribution in [-0.2, 0) is 27.6 Å². The van der Waals surface area contributed by atoms with E-state index in [4.69, 9.17) is 16.3 Å². The maximum absolute atomic E-state index is 13.5. The van der Waals surface area contributed by atoms with Gasteiger partial charge in [-0.1, -0.05) is 66.2 Å². The van der Waals surface area contributed by atoms with Crippen LogP contribution in [0.2, 0.25) is 5.02 Å². The van der Waals surface area contributed by atoms with Crippen LogP contribution in [0.25, 0.3) is 10.8 Å². The molecule has 1 amide bonds. The van der Waals surface area contributed by atoms with E-state index in [0.717, 1.165) is 28.5 Å². The van der Waals surface area contributed by atoms with Gasteiger partial charge < -0.3 is 4.74 Å². The Bertz CT molecular complexity index is 1950. The third-order valence-electron chi connectivity index (χ3n) is 6.66. The second kappa shape index (κ2) is 13.4. The summed E-state index contributed by atoms with van der Waals surface area (Å²) in [5, 5.41) is 5.53. The van der Waals surface area contributed by atoms with E-state index >= 15 is 0 Å². The van der Waals surface area contributed by atoms with Crippen LogP contribution < -0.4 is 14.5 Å². The van der Waals surface area contributed by atoms with Crippen molar-refractivity contribution < 1.29 is 31.1 Å². The topological polar surface area (TPSA) is 88.1 Å². The Labute approximate surface area is 262 Å². The fourth-order valence-electron chi connectivity index (χ4n) is 4.41. The number of nitrogens with zero attached hydrogens (tertiary/aromatic N) is 2. The molecule has 5 aromatic carbocycles. The van der Waals surface area contributed by atoms with Crippen molar-refractivity contribution in [3.8, 4) is 5.75 Å². The lowest BCUT2D eigenvalue weighted by Gasteiger charge is -2.24. The Morgan fingerprint density at radius 1 is 0.867 bits per heavy atom. The van der Waals surface area contributed by atoms with Crippen molar-refractivity contribution in [2.45, 2.75) is 17.7 Å². The Balaban J connectivity index is 1.25. The molecule has 0 saturated heterocycles. The predicted molar refractivity (Wildman–Crippen MR) is 168 cm³/mol. The number of sulfonamides is 1. The summed E-state index contributed by atoms with van der Waals surface area (Å²) < 4.78 is 73.9. The molecule has 0 bridgehead atoms. The molecule has 0 aromatic heterocycles. The Morgan fingerprint density at radius 2 is 1.56 bits per heavy atom. The number of halogens is 4. The molecule has 0 spiro atoms. The first-order chi connectivity index (χ1) is 21.5. The number of alkyl halides is 3. The lowest BCUT2D eigenvalue weighted by Crippen LogP contribution is -2.39. The van der Waals surface area contributed by atoms with E-state index in [1.807, 2.05) is 36.4 Å². The second-order valence-corrected chi connectivity index (χ2v) is 12.1. The van der Waals surface area contributed by atoms with Crippen molar-refractivity contribution in [2.75, 3.05) is 10.8 Å². The average molecular weight is 652 g/mol. The van der Waals surface area contributed by atoms with E-state index in [1.54, 1.807) is 30.3 Å². The van der Waals surface area contributed by atoms with Crippen LogP contribution in [0.4, 0.5) is 18.9 Å². The number of fused-ring (bicyclic) bond motifs is 1. The van der Waals surface area contributed by atoms with Gasteiger partial charge in [0.2, 0.25) is 0 Å². The van der Waals surface area contributed by atoms with Crippen LogP contribution in [0.5, 0.6) is 5.75 Å². The summed E-state index contributed by atoms with van der Waals surface area (Å²) in [6, 6.07) is 30.7. The smallest absolute Gasteiger partial charge is 0.417 e. The first-order valence-corrected chi connectivity index (χ1v) is 15.3. The Hall–Kier alpha value is -4.87. The third-order valence-corrected chi connectivity index (χ3v) is 8.78. The van der Waals surface area contributed by atoms with Crippen molar-refractivity contribution in [2.24, 2.45) is 5.10 Å². The van der Waals surface area contributed by atoms with E-state index in [-0.39, 0.29) is 4.90 Å². The largest absolute Gasteiger partial charge is 0.489 e. The van der Waals surface area contributed by atoms with Gasteiger partial charge in [0.05, 0.1) is 27.4 Å². The molecule has 12 heteroatoms. The van der Waals surface area contributed by atoms with E-state index in [2.05, 4.69) is 16.6 Å². The SMILES string of the molecule is O=C(CN(c1ccc(Cl)c(C(F)(F)F)c1)S(=O)(=O)c1ccccc1)N/N=C\c1ccc(OCc2ccc3ccccc3c2)cc1. The quantitative estimate of drug-likeness (QED) is 0.126. The van der Waals surface area contributed by atoms with Crippen molar-refractivity contribution in [1.82, 2.24) is 5.43 Å². The van der Waals surface area contributed by atoms with Crippen LogP contribution in [0.15, 0.2) is 125 Å². The van der Waals surface area contributed by atoms with Crippen LogP contribution in [-0.4, -0.2) is 27.1 Å². The van der Waals surface area contributed by atoms with Gasteiger partial charge in [-0.2, -0.15) is 18.3 Å². The summed E-state index contributed by atoms with van der Waals surface area (Å²) >= 11 is 5.73. The van der Waals surface area contributed by atoms with E-state index < -0.39 is 44.9 Å². The van der Waals surface area contributed by atoms with Crippen LogP contribution in [0, 0.1) is 0 Å². The molecule has 0 radical (unpaired) electrons. The number of rotatable bonds is 10. The van der Waals surface area contributed by atoms with E-state index in [0.29, 0.717) is 28.3 Å². The highest BCUT2D eigenvalue weighted by atomic mass is 35.5. The van der Waals surface area contributed by atoms with Gasteiger partial charge in [-0.05, 0) is 82.6 Å². The summed E-state index contributed by atoms with van der Waals surface area (Å²) in [4.78, 5) is 12.6. The number of benzene rings is 5. The first-order valence-electron chi connectivity index (χ1n) is 13.5. The number of ether oxygens (including phenoxy) is 1. The van der Waals surface area contributed by atoms with Crippen molar-refractivity contribution in [3.05, 3.63) is 137 Å². The summed E-state index contributed by atoms with van der Waals surface area (Å²) in [5.74, 6) is -0.267. The number of nitrogens with one attached hydrogen (secondary N) is 1. The normalized spacial score (nSPS) is 11.9. The van der Waals surface area contributed by atoms with Crippen molar-refractivity contribution in [1.29, 1.82) is 0 Å². The van der Waals surface area contributed by atoms with E-state index in [9.17, 15) is 26.4 Å². The molecular weight excluding hydrogens is 627 g/mol. The Kier molecular flexibility index (Phi) is 9.40. The zero-order valence-corrected chi connectivity index (χ0v) is 25.0. The molecule has 0 unspecified atom stereocenters. The Morgan fingerprint density at radius 3 is 2.27 bits per heavy atom. The van der Waals surface area contributed by atoms with E-state index in [1.165, 1.54) is 30.5 Å². The number of amides is 1. The maximum Gasteiger partial charge on any atom is 0.417 e. The summed E-state index contributed by atoms with van der Waals surface area (Å²) in [6.45, 7) is -0.482. The molecule has 1 N–H and O–H groups in total. The van der Waals surface area contributed by atoms with Crippen LogP contribution in [0.1, 0.15) is 16.7 Å². The molecule has 5 rings (SSSR count). The van der Waals surface area contributed by atoms with Gasteiger partial charge in [-0.25, -0.2) is 13.8 Å². The van der Waals surface area contributed by atoms with Gasteiger partial charge in [0.25, 0.3) is 15.9 Å². The van der Waals surface area contributed by atoms with Gasteiger partial charge >= 0.3 is 6.18 Å². The molecule has 7 nitrogen and oxygen atoms in total. The molecular formula is C33H25ClF3N3O4S. The minimum absolute atomic E-state index is 0.215. The highest BCUT2D eigenvalue weighted by Crippen LogP contribution is 2.38. The zero-order valence-electron chi connectivity index (χ0n) is 23.4. The highest BCUT2D eigenvalue weighted by molar-refractivity contribution is 7.92. The summed E-state index contributed by atoms with van der Waals surface area (Å²) in [5.41, 5.74) is 2.22. The zero-order chi connectivity index (χ0) is 32.0. The van der Waals surface area contributed by atoms with Gasteiger partial charge in [-0.3, -0.25) is 9.10 Å². The average Bonchev–Trinajstić information content (AvgIpc) is 3.03. The molecule has 45 heavy (non-hydrogen) atoms. The number of hydrogen-bond donors (Lipinski definition) is 1. The number of anilines is 1. The van der Waals surface area contributed by atoms with Gasteiger partial charge in [0.15, 0.2) is 0 Å². The number of hydrogen-bond acceptors (Lipinski definition) is 5. The van der Waals surface area contributed by atoms with Gasteiger partial charge in [-0.15, -0.1) is 0 Å². The standard InChI is InChI=1S/C33H25ClF3N3O4S/c34-31-17-14-27(19-30(31)33(35,36)37)40(45(42,43)29-8-2-1-3-9-29)21-32(41)39-38-20-23-11-15-28(16-12-23)44-22-24-10-13-25-6-4-5-7-26(25)18-24/h1-20H,21-22H2,(H,39,41)/b38-20-. The van der Waals surface area contributed by atoms with Gasteiger partial charge in [0.1, 0.15) is 18.9 Å². The first kappa shape index (κ1) is 31.6. The lowest BCUT2D eigenvalue weighted by atomic mass is 10.1. The number of hydrazone groups is 1. The molecule has 230 valence electrons. The third kappa shape index (κ3) is 7.81. The summed E-state index contributed by atoms with van der Waals surface area (Å²) in [7, 11) is -4.45.